The predicted molar refractivity (Wildman–Crippen MR) is 75.4 cm³/mol. The number of nitrogen functional groups attached to an aromatic ring is 1. The van der Waals surface area contributed by atoms with Gasteiger partial charge in [0.1, 0.15) is 0 Å². The van der Waals surface area contributed by atoms with Crippen LogP contribution in [0, 0.1) is 0 Å². The van der Waals surface area contributed by atoms with Crippen LogP contribution in [0.5, 0.6) is 0 Å². The van der Waals surface area contributed by atoms with Crippen molar-refractivity contribution in [2.75, 3.05) is 18.5 Å². The number of hydrogen-bond acceptors (Lipinski definition) is 6. The summed E-state index contributed by atoms with van der Waals surface area (Å²) >= 11 is 0. The van der Waals surface area contributed by atoms with Gasteiger partial charge < -0.3 is 5.43 Å². The van der Waals surface area contributed by atoms with Crippen LogP contribution >= 0.6 is 0 Å². The Kier molecular flexibility index (Phi) is 3.63. The van der Waals surface area contributed by atoms with Crippen molar-refractivity contribution in [1.82, 2.24) is 14.6 Å². The molecular formula is C12H19N5O2S. The number of rotatable bonds is 4. The standard InChI is InChI=1S/C12H19N5O2S/c13-15-10-3-1-6-14-12(10)20(18,19)16-9-5-8-17-7-2-4-11(9)17/h1,3,6,9,11,15-16H,2,4-5,7-8,13H2. The van der Waals surface area contributed by atoms with Crippen LogP contribution in [-0.2, 0) is 10.0 Å². The molecule has 0 radical (unpaired) electrons. The van der Waals surface area contributed by atoms with Crippen molar-refractivity contribution in [2.45, 2.75) is 36.4 Å². The molecule has 2 aliphatic heterocycles. The number of fused-ring (bicyclic) bond motifs is 1. The average Bonchev–Trinajstić information content (AvgIpc) is 3.04. The molecule has 4 N–H and O–H groups in total. The highest BCUT2D eigenvalue weighted by Crippen LogP contribution is 2.29. The van der Waals surface area contributed by atoms with E-state index < -0.39 is 10.0 Å². The van der Waals surface area contributed by atoms with Gasteiger partial charge in [-0.05, 0) is 37.9 Å². The summed E-state index contributed by atoms with van der Waals surface area (Å²) in [5.74, 6) is 5.35. The van der Waals surface area contributed by atoms with Crippen molar-refractivity contribution >= 4 is 15.7 Å². The number of nitrogens with one attached hydrogen (secondary N) is 2. The second-order valence-electron chi connectivity index (χ2n) is 5.26. The van der Waals surface area contributed by atoms with E-state index in [-0.39, 0.29) is 11.1 Å². The first-order chi connectivity index (χ1) is 9.62. The molecule has 3 heterocycles. The third kappa shape index (κ3) is 2.39. The summed E-state index contributed by atoms with van der Waals surface area (Å²) in [5, 5.41) is -0.0426. The first-order valence-corrected chi connectivity index (χ1v) is 8.28. The van der Waals surface area contributed by atoms with Crippen molar-refractivity contribution in [3.8, 4) is 0 Å². The van der Waals surface area contributed by atoms with Gasteiger partial charge in [0.25, 0.3) is 10.0 Å². The summed E-state index contributed by atoms with van der Waals surface area (Å²) in [6, 6.07) is 3.53. The molecule has 8 heteroatoms. The van der Waals surface area contributed by atoms with Crippen molar-refractivity contribution in [3.63, 3.8) is 0 Å². The molecule has 2 aliphatic rings. The maximum atomic E-state index is 12.5. The lowest BCUT2D eigenvalue weighted by Crippen LogP contribution is -2.42. The summed E-state index contributed by atoms with van der Waals surface area (Å²) in [7, 11) is -3.66. The highest BCUT2D eigenvalue weighted by Gasteiger charge is 2.39. The maximum absolute atomic E-state index is 12.5. The van der Waals surface area contributed by atoms with Gasteiger partial charge in [0, 0.05) is 24.8 Å². The summed E-state index contributed by atoms with van der Waals surface area (Å²) in [4.78, 5) is 6.30. The van der Waals surface area contributed by atoms with Gasteiger partial charge in [0.2, 0.25) is 0 Å². The molecule has 7 nitrogen and oxygen atoms in total. The zero-order chi connectivity index (χ0) is 14.2. The summed E-state index contributed by atoms with van der Waals surface area (Å²) in [5.41, 5.74) is 2.69. The Morgan fingerprint density at radius 2 is 2.20 bits per heavy atom. The zero-order valence-electron chi connectivity index (χ0n) is 11.1. The van der Waals surface area contributed by atoms with Crippen LogP contribution in [0.4, 0.5) is 5.69 Å². The summed E-state index contributed by atoms with van der Waals surface area (Å²) < 4.78 is 27.7. The second kappa shape index (κ2) is 5.28. The van der Waals surface area contributed by atoms with E-state index in [4.69, 9.17) is 5.84 Å². The molecule has 0 bridgehead atoms. The molecule has 0 amide bonds. The quantitative estimate of drug-likeness (QED) is 0.529. The van der Waals surface area contributed by atoms with E-state index >= 15 is 0 Å². The molecule has 2 atom stereocenters. The number of sulfonamides is 1. The fraction of sp³-hybridized carbons (Fsp3) is 0.583. The minimum absolute atomic E-state index is 0.0323. The van der Waals surface area contributed by atoms with E-state index in [9.17, 15) is 8.42 Å². The third-order valence-electron chi connectivity index (χ3n) is 4.09. The molecule has 2 fully saturated rings. The lowest BCUT2D eigenvalue weighted by Gasteiger charge is -2.21. The highest BCUT2D eigenvalue weighted by molar-refractivity contribution is 7.89. The molecule has 20 heavy (non-hydrogen) atoms. The van der Waals surface area contributed by atoms with Gasteiger partial charge in [-0.3, -0.25) is 10.7 Å². The third-order valence-corrected chi connectivity index (χ3v) is 5.54. The Morgan fingerprint density at radius 3 is 3.00 bits per heavy atom. The van der Waals surface area contributed by atoms with Gasteiger partial charge in [-0.15, -0.1) is 0 Å². The van der Waals surface area contributed by atoms with Crippen LogP contribution in [0.3, 0.4) is 0 Å². The lowest BCUT2D eigenvalue weighted by atomic mass is 10.1. The van der Waals surface area contributed by atoms with Gasteiger partial charge in [-0.25, -0.2) is 18.1 Å². The van der Waals surface area contributed by atoms with Crippen molar-refractivity contribution in [3.05, 3.63) is 18.3 Å². The lowest BCUT2D eigenvalue weighted by molar-refractivity contribution is 0.309. The number of pyridine rings is 1. The molecule has 0 saturated carbocycles. The zero-order valence-corrected chi connectivity index (χ0v) is 11.9. The topological polar surface area (TPSA) is 100 Å². The summed E-state index contributed by atoms with van der Waals surface area (Å²) in [6.45, 7) is 2.03. The molecule has 1 aromatic rings. The van der Waals surface area contributed by atoms with Crippen molar-refractivity contribution in [1.29, 1.82) is 0 Å². The number of hydrogen-bond donors (Lipinski definition) is 3. The fourth-order valence-corrected chi connectivity index (χ4v) is 4.59. The number of nitrogens with zero attached hydrogens (tertiary/aromatic N) is 2. The van der Waals surface area contributed by atoms with Crippen LogP contribution in [-0.4, -0.2) is 43.5 Å². The predicted octanol–water partition coefficient (Wildman–Crippen LogP) is -0.118. The second-order valence-corrected chi connectivity index (χ2v) is 6.89. The van der Waals surface area contributed by atoms with Crippen LogP contribution in [0.15, 0.2) is 23.4 Å². The normalized spacial score (nSPS) is 26.6. The van der Waals surface area contributed by atoms with Crippen molar-refractivity contribution < 1.29 is 8.42 Å². The summed E-state index contributed by atoms with van der Waals surface area (Å²) in [6.07, 6.45) is 4.49. The van der Waals surface area contributed by atoms with Gasteiger partial charge in [-0.2, -0.15) is 0 Å². The van der Waals surface area contributed by atoms with Crippen LogP contribution in [0.2, 0.25) is 0 Å². The molecule has 0 aromatic carbocycles. The van der Waals surface area contributed by atoms with Crippen molar-refractivity contribution in [2.24, 2.45) is 5.84 Å². The monoisotopic (exact) mass is 297 g/mol. The Morgan fingerprint density at radius 1 is 1.35 bits per heavy atom. The Balaban J connectivity index is 1.82. The van der Waals surface area contributed by atoms with Gasteiger partial charge in [0.15, 0.2) is 5.03 Å². The molecular weight excluding hydrogens is 278 g/mol. The smallest absolute Gasteiger partial charge is 0.260 e. The van der Waals surface area contributed by atoms with Gasteiger partial charge in [-0.1, -0.05) is 0 Å². The van der Waals surface area contributed by atoms with Crippen LogP contribution in [0.25, 0.3) is 0 Å². The van der Waals surface area contributed by atoms with E-state index in [1.165, 1.54) is 6.20 Å². The largest absolute Gasteiger partial charge is 0.321 e. The van der Waals surface area contributed by atoms with E-state index in [1.807, 2.05) is 0 Å². The van der Waals surface area contributed by atoms with E-state index in [2.05, 4.69) is 20.0 Å². The molecule has 0 aliphatic carbocycles. The average molecular weight is 297 g/mol. The number of aromatic nitrogens is 1. The Hall–Kier alpha value is -1.22. The number of anilines is 1. The number of nitrogens with two attached hydrogens (primary N) is 1. The molecule has 3 rings (SSSR count). The highest BCUT2D eigenvalue weighted by atomic mass is 32.2. The molecule has 1 aromatic heterocycles. The maximum Gasteiger partial charge on any atom is 0.260 e. The minimum atomic E-state index is -3.66. The molecule has 2 saturated heterocycles. The molecule has 110 valence electrons. The van der Waals surface area contributed by atoms with Gasteiger partial charge in [0.05, 0.1) is 5.69 Å². The molecule has 0 spiro atoms. The fourth-order valence-electron chi connectivity index (χ4n) is 3.19. The SMILES string of the molecule is NNc1cccnc1S(=O)(=O)NC1CCN2CCCC12. The first-order valence-electron chi connectivity index (χ1n) is 6.80. The minimum Gasteiger partial charge on any atom is -0.321 e. The Bertz CT molecular complexity index is 591. The van der Waals surface area contributed by atoms with Crippen LogP contribution in [0.1, 0.15) is 19.3 Å². The molecule has 2 unspecified atom stereocenters. The number of hydrazine groups is 1. The van der Waals surface area contributed by atoms with E-state index in [0.29, 0.717) is 11.7 Å². The van der Waals surface area contributed by atoms with Gasteiger partial charge >= 0.3 is 0 Å². The van der Waals surface area contributed by atoms with E-state index in [0.717, 1.165) is 32.4 Å². The first kappa shape index (κ1) is 13.7. The van der Waals surface area contributed by atoms with E-state index in [1.54, 1.807) is 12.1 Å². The Labute approximate surface area is 118 Å². The van der Waals surface area contributed by atoms with Crippen LogP contribution < -0.4 is 16.0 Å².